The molecular weight excluding hydrogens is 302 g/mol. The first kappa shape index (κ1) is 18.3. The molecule has 2 N–H and O–H groups in total. The Morgan fingerprint density at radius 1 is 1.04 bits per heavy atom. The van der Waals surface area contributed by atoms with Crippen LogP contribution in [-0.2, 0) is 6.42 Å². The number of para-hydroxylation sites is 2. The van der Waals surface area contributed by atoms with Gasteiger partial charge in [-0.25, -0.2) is 0 Å². The Morgan fingerprint density at radius 3 is 2.33 bits per heavy atom. The molecule has 0 spiro atoms. The van der Waals surface area contributed by atoms with E-state index in [9.17, 15) is 5.11 Å². The van der Waals surface area contributed by atoms with Crippen LogP contribution in [0.1, 0.15) is 31.0 Å². The highest BCUT2D eigenvalue weighted by molar-refractivity contribution is 5.39. The van der Waals surface area contributed by atoms with Gasteiger partial charge in [-0.1, -0.05) is 43.3 Å². The van der Waals surface area contributed by atoms with Crippen LogP contribution in [0.4, 0.5) is 0 Å². The monoisotopic (exact) mass is 329 g/mol. The maximum absolute atomic E-state index is 10.1. The maximum atomic E-state index is 10.1. The lowest BCUT2D eigenvalue weighted by Gasteiger charge is -2.18. The molecule has 0 amide bonds. The SMILES string of the molecule is CCc1ccc(C(C)NCC(O)COc2ccccc2OC)cc1. The third-order valence-electron chi connectivity index (χ3n) is 4.05. The Labute approximate surface area is 144 Å². The third-order valence-corrected chi connectivity index (χ3v) is 4.05. The molecule has 0 radical (unpaired) electrons. The summed E-state index contributed by atoms with van der Waals surface area (Å²) in [5.74, 6) is 1.31. The lowest BCUT2D eigenvalue weighted by Crippen LogP contribution is -2.33. The van der Waals surface area contributed by atoms with E-state index in [-0.39, 0.29) is 12.6 Å². The van der Waals surface area contributed by atoms with E-state index in [2.05, 4.69) is 43.4 Å². The minimum absolute atomic E-state index is 0.178. The van der Waals surface area contributed by atoms with Gasteiger partial charge in [0.2, 0.25) is 0 Å². The molecule has 0 aliphatic carbocycles. The first-order valence-corrected chi connectivity index (χ1v) is 8.40. The number of aryl methyl sites for hydroxylation is 1. The van der Waals surface area contributed by atoms with Crippen molar-refractivity contribution in [1.29, 1.82) is 0 Å². The number of ether oxygens (including phenoxy) is 2. The highest BCUT2D eigenvalue weighted by Gasteiger charge is 2.11. The van der Waals surface area contributed by atoms with Gasteiger partial charge in [0.25, 0.3) is 0 Å². The summed E-state index contributed by atoms with van der Waals surface area (Å²) in [5, 5.41) is 13.5. The fourth-order valence-corrected chi connectivity index (χ4v) is 2.46. The topological polar surface area (TPSA) is 50.7 Å². The van der Waals surface area contributed by atoms with Crippen LogP contribution in [-0.4, -0.2) is 31.5 Å². The van der Waals surface area contributed by atoms with Crippen LogP contribution in [0.3, 0.4) is 0 Å². The summed E-state index contributed by atoms with van der Waals surface area (Å²) in [4.78, 5) is 0. The summed E-state index contributed by atoms with van der Waals surface area (Å²) in [6.45, 7) is 4.92. The highest BCUT2D eigenvalue weighted by atomic mass is 16.5. The normalized spacial score (nSPS) is 13.3. The number of nitrogens with one attached hydrogen (secondary N) is 1. The van der Waals surface area contributed by atoms with Gasteiger partial charge < -0.3 is 19.9 Å². The molecule has 0 aliphatic heterocycles. The Morgan fingerprint density at radius 2 is 1.71 bits per heavy atom. The van der Waals surface area contributed by atoms with E-state index in [0.29, 0.717) is 18.0 Å². The Balaban J connectivity index is 1.78. The van der Waals surface area contributed by atoms with Gasteiger partial charge in [-0.3, -0.25) is 0 Å². The third kappa shape index (κ3) is 5.25. The predicted octanol–water partition coefficient (Wildman–Crippen LogP) is 3.35. The summed E-state index contributed by atoms with van der Waals surface area (Å²) in [7, 11) is 1.60. The Bertz CT molecular complexity index is 613. The standard InChI is InChI=1S/C20H27NO3/c1-4-16-9-11-17(12-10-16)15(2)21-13-18(22)14-24-20-8-6-5-7-19(20)23-3/h5-12,15,18,21-22H,4,13-14H2,1-3H3. The lowest BCUT2D eigenvalue weighted by atomic mass is 10.0. The molecule has 0 aromatic heterocycles. The van der Waals surface area contributed by atoms with Crippen LogP contribution >= 0.6 is 0 Å². The van der Waals surface area contributed by atoms with Gasteiger partial charge in [0, 0.05) is 12.6 Å². The number of methoxy groups -OCH3 is 1. The van der Waals surface area contributed by atoms with E-state index in [4.69, 9.17) is 9.47 Å². The van der Waals surface area contributed by atoms with Crippen molar-refractivity contribution in [1.82, 2.24) is 5.32 Å². The van der Waals surface area contributed by atoms with Crippen molar-refractivity contribution in [2.75, 3.05) is 20.3 Å². The quantitative estimate of drug-likeness (QED) is 0.741. The summed E-state index contributed by atoms with van der Waals surface area (Å²) in [6, 6.07) is 16.2. The van der Waals surface area contributed by atoms with Crippen LogP contribution in [0.5, 0.6) is 11.5 Å². The second-order valence-corrected chi connectivity index (χ2v) is 5.84. The van der Waals surface area contributed by atoms with Crippen molar-refractivity contribution in [3.05, 3.63) is 59.7 Å². The summed E-state index contributed by atoms with van der Waals surface area (Å²) < 4.78 is 10.9. The van der Waals surface area contributed by atoms with E-state index >= 15 is 0 Å². The van der Waals surface area contributed by atoms with Crippen LogP contribution in [0.2, 0.25) is 0 Å². The van der Waals surface area contributed by atoms with E-state index in [1.807, 2.05) is 24.3 Å². The Hall–Kier alpha value is -2.04. The molecular formula is C20H27NO3. The zero-order valence-electron chi connectivity index (χ0n) is 14.7. The van der Waals surface area contributed by atoms with Gasteiger partial charge in [0.05, 0.1) is 7.11 Å². The molecule has 0 heterocycles. The molecule has 0 fully saturated rings. The zero-order chi connectivity index (χ0) is 17.4. The smallest absolute Gasteiger partial charge is 0.161 e. The largest absolute Gasteiger partial charge is 0.493 e. The van der Waals surface area contributed by atoms with Crippen LogP contribution in [0, 0.1) is 0 Å². The first-order chi connectivity index (χ1) is 11.6. The number of benzene rings is 2. The molecule has 130 valence electrons. The highest BCUT2D eigenvalue weighted by Crippen LogP contribution is 2.25. The number of aliphatic hydroxyl groups is 1. The molecule has 2 aromatic carbocycles. The Kier molecular flexibility index (Phi) is 7.09. The zero-order valence-corrected chi connectivity index (χ0v) is 14.7. The van der Waals surface area contributed by atoms with Gasteiger partial charge >= 0.3 is 0 Å². The molecule has 0 saturated heterocycles. The summed E-state index contributed by atoms with van der Waals surface area (Å²) >= 11 is 0. The molecule has 4 heteroatoms. The molecule has 4 nitrogen and oxygen atoms in total. The van der Waals surface area contributed by atoms with Crippen molar-refractivity contribution < 1.29 is 14.6 Å². The van der Waals surface area contributed by atoms with Gasteiger partial charge in [0.1, 0.15) is 12.7 Å². The number of hydrogen-bond acceptors (Lipinski definition) is 4. The number of aliphatic hydroxyl groups excluding tert-OH is 1. The first-order valence-electron chi connectivity index (χ1n) is 8.40. The summed E-state index contributed by atoms with van der Waals surface area (Å²) in [6.07, 6.45) is 0.452. The summed E-state index contributed by atoms with van der Waals surface area (Å²) in [5.41, 5.74) is 2.54. The number of hydrogen-bond donors (Lipinski definition) is 2. The second-order valence-electron chi connectivity index (χ2n) is 5.84. The van der Waals surface area contributed by atoms with Crippen LogP contribution in [0.15, 0.2) is 48.5 Å². The predicted molar refractivity (Wildman–Crippen MR) is 96.7 cm³/mol. The van der Waals surface area contributed by atoms with E-state index in [1.165, 1.54) is 11.1 Å². The molecule has 2 rings (SSSR count). The van der Waals surface area contributed by atoms with Crippen molar-refractivity contribution in [3.8, 4) is 11.5 Å². The van der Waals surface area contributed by atoms with Crippen molar-refractivity contribution in [3.63, 3.8) is 0 Å². The van der Waals surface area contributed by atoms with E-state index in [0.717, 1.165) is 6.42 Å². The maximum Gasteiger partial charge on any atom is 0.161 e. The number of rotatable bonds is 9. The van der Waals surface area contributed by atoms with Gasteiger partial charge in [-0.15, -0.1) is 0 Å². The van der Waals surface area contributed by atoms with Crippen molar-refractivity contribution in [2.45, 2.75) is 32.4 Å². The second kappa shape index (κ2) is 9.30. The minimum Gasteiger partial charge on any atom is -0.493 e. The molecule has 2 aromatic rings. The fraction of sp³-hybridized carbons (Fsp3) is 0.400. The average Bonchev–Trinajstić information content (AvgIpc) is 2.64. The molecule has 0 bridgehead atoms. The average molecular weight is 329 g/mol. The minimum atomic E-state index is -0.590. The van der Waals surface area contributed by atoms with Gasteiger partial charge in [-0.2, -0.15) is 0 Å². The van der Waals surface area contributed by atoms with Crippen LogP contribution < -0.4 is 14.8 Å². The van der Waals surface area contributed by atoms with E-state index in [1.54, 1.807) is 7.11 Å². The van der Waals surface area contributed by atoms with Gasteiger partial charge in [-0.05, 0) is 36.6 Å². The van der Waals surface area contributed by atoms with Crippen molar-refractivity contribution in [2.24, 2.45) is 0 Å². The molecule has 2 unspecified atom stereocenters. The molecule has 24 heavy (non-hydrogen) atoms. The van der Waals surface area contributed by atoms with Crippen molar-refractivity contribution >= 4 is 0 Å². The molecule has 2 atom stereocenters. The molecule has 0 saturated carbocycles. The van der Waals surface area contributed by atoms with Gasteiger partial charge in [0.15, 0.2) is 11.5 Å². The van der Waals surface area contributed by atoms with E-state index < -0.39 is 6.10 Å². The van der Waals surface area contributed by atoms with Crippen LogP contribution in [0.25, 0.3) is 0 Å². The fourth-order valence-electron chi connectivity index (χ4n) is 2.46. The molecule has 0 aliphatic rings. The lowest BCUT2D eigenvalue weighted by molar-refractivity contribution is 0.102.